The number of hydrogen-bond acceptors (Lipinski definition) is 6. The predicted octanol–water partition coefficient (Wildman–Crippen LogP) is 4.99. The van der Waals surface area contributed by atoms with Crippen molar-refractivity contribution in [3.8, 4) is 0 Å². The van der Waals surface area contributed by atoms with Crippen LogP contribution >= 0.6 is 11.6 Å². The third kappa shape index (κ3) is 4.38. The predicted molar refractivity (Wildman–Crippen MR) is 151 cm³/mol. The maximum absolute atomic E-state index is 12.9. The summed E-state index contributed by atoms with van der Waals surface area (Å²) in [4.78, 5) is 41.1. The number of anilines is 3. The van der Waals surface area contributed by atoms with Gasteiger partial charge in [-0.25, -0.2) is 15.0 Å². The van der Waals surface area contributed by atoms with Crippen LogP contribution in [0, 0.1) is 17.8 Å². The normalized spacial score (nSPS) is 24.7. The lowest BCUT2D eigenvalue weighted by Crippen LogP contribution is -2.28. The van der Waals surface area contributed by atoms with Gasteiger partial charge in [0.15, 0.2) is 5.65 Å². The first-order valence-corrected chi connectivity index (χ1v) is 14.3. The summed E-state index contributed by atoms with van der Waals surface area (Å²) in [5.74, 6) is 2.61. The number of amides is 2. The van der Waals surface area contributed by atoms with Crippen LogP contribution in [0.15, 0.2) is 55.1 Å². The summed E-state index contributed by atoms with van der Waals surface area (Å²) in [7, 11) is 0. The van der Waals surface area contributed by atoms with Crippen LogP contribution in [0.5, 0.6) is 0 Å². The first kappa shape index (κ1) is 23.9. The third-order valence-corrected chi connectivity index (χ3v) is 8.87. The minimum absolute atomic E-state index is 0.0527. The Morgan fingerprint density at radius 2 is 1.90 bits per heavy atom. The lowest BCUT2D eigenvalue weighted by molar-refractivity contribution is -0.119. The Kier molecular flexibility index (Phi) is 5.38. The molecule has 40 heavy (non-hydrogen) atoms. The van der Waals surface area contributed by atoms with Gasteiger partial charge in [0.05, 0.1) is 17.9 Å². The fourth-order valence-electron chi connectivity index (χ4n) is 6.08. The highest BCUT2D eigenvalue weighted by Crippen LogP contribution is 2.50. The molecule has 3 aromatic heterocycles. The lowest BCUT2D eigenvalue weighted by Gasteiger charge is -2.20. The van der Waals surface area contributed by atoms with Gasteiger partial charge < -0.3 is 19.9 Å². The zero-order chi connectivity index (χ0) is 27.0. The molecule has 1 aromatic carbocycles. The van der Waals surface area contributed by atoms with Crippen molar-refractivity contribution < 1.29 is 9.59 Å². The van der Waals surface area contributed by atoms with E-state index >= 15 is 0 Å². The van der Waals surface area contributed by atoms with Crippen molar-refractivity contribution in [3.63, 3.8) is 0 Å². The number of piperidine rings is 1. The van der Waals surface area contributed by atoms with Crippen molar-refractivity contribution in [3.05, 3.63) is 77.0 Å². The lowest BCUT2D eigenvalue weighted by atomic mass is 10.1. The van der Waals surface area contributed by atoms with E-state index < -0.39 is 0 Å². The van der Waals surface area contributed by atoms with Gasteiger partial charge in [0.25, 0.3) is 0 Å². The van der Waals surface area contributed by atoms with Gasteiger partial charge in [0.1, 0.15) is 18.0 Å². The highest BCUT2D eigenvalue weighted by molar-refractivity contribution is 6.30. The van der Waals surface area contributed by atoms with Crippen molar-refractivity contribution in [2.75, 3.05) is 22.1 Å². The van der Waals surface area contributed by atoms with E-state index in [2.05, 4.69) is 37.3 Å². The molecule has 9 nitrogen and oxygen atoms in total. The first-order chi connectivity index (χ1) is 19.5. The largest absolute Gasteiger partial charge is 0.364 e. The summed E-state index contributed by atoms with van der Waals surface area (Å²) < 4.78 is 2.06. The summed E-state index contributed by atoms with van der Waals surface area (Å²) in [6, 6.07) is 11.6. The maximum atomic E-state index is 12.9. The van der Waals surface area contributed by atoms with Crippen LogP contribution < -0.4 is 15.5 Å². The van der Waals surface area contributed by atoms with Crippen LogP contribution in [0.4, 0.5) is 17.3 Å². The molecule has 3 aliphatic carbocycles. The number of halogens is 1. The molecule has 4 aromatic rings. The standard InChI is InChI=1S/C30H28ClN7O2/c31-20-3-1-2-17(6-20)22-9-24(22)29(39)36-27-10-26(33-15-34-27)32-11-21-14-37-12-18(16-4-5-16)8-25(28(37)35-21)38-13-19-7-23(19)30(38)40/h1-3,6,8,10,12,14-16,19,22-24H,4-5,7,9,11,13H2,(H2,32,33,34,36,39)/t19-,22-,23-,24+/m1/s1. The molecule has 4 aliphatic rings. The summed E-state index contributed by atoms with van der Waals surface area (Å²) in [5, 5.41) is 6.92. The topological polar surface area (TPSA) is 105 Å². The molecular weight excluding hydrogens is 526 g/mol. The number of fused-ring (bicyclic) bond motifs is 2. The van der Waals surface area contributed by atoms with Crippen LogP contribution in [0.25, 0.3) is 5.65 Å². The molecule has 4 heterocycles. The first-order valence-electron chi connectivity index (χ1n) is 14.0. The molecule has 8 rings (SSSR count). The second-order valence-corrected chi connectivity index (χ2v) is 12.0. The number of hydrogen-bond donors (Lipinski definition) is 2. The highest BCUT2D eigenvalue weighted by Gasteiger charge is 2.53. The summed E-state index contributed by atoms with van der Waals surface area (Å²) >= 11 is 6.11. The van der Waals surface area contributed by atoms with Crippen molar-refractivity contribution in [1.29, 1.82) is 0 Å². The van der Waals surface area contributed by atoms with Gasteiger partial charge in [-0.3, -0.25) is 9.59 Å². The summed E-state index contributed by atoms with van der Waals surface area (Å²) in [5.41, 5.74) is 4.94. The van der Waals surface area contributed by atoms with Crippen molar-refractivity contribution in [2.45, 2.75) is 44.1 Å². The van der Waals surface area contributed by atoms with E-state index in [-0.39, 0.29) is 29.6 Å². The van der Waals surface area contributed by atoms with E-state index in [4.69, 9.17) is 16.6 Å². The van der Waals surface area contributed by atoms with Crippen LogP contribution in [-0.2, 0) is 16.1 Å². The van der Waals surface area contributed by atoms with Crippen molar-refractivity contribution in [1.82, 2.24) is 19.4 Å². The van der Waals surface area contributed by atoms with E-state index in [0.29, 0.717) is 35.0 Å². The maximum Gasteiger partial charge on any atom is 0.230 e. The molecule has 1 saturated heterocycles. The molecule has 2 amide bonds. The molecule has 1 aliphatic heterocycles. The van der Waals surface area contributed by atoms with Crippen molar-refractivity contribution in [2.24, 2.45) is 17.8 Å². The smallest absolute Gasteiger partial charge is 0.230 e. The number of imidazole rings is 1. The average Bonchev–Trinajstić information content (AvgIpc) is 3.85. The Hall–Kier alpha value is -3.98. The zero-order valence-corrected chi connectivity index (χ0v) is 22.5. The van der Waals surface area contributed by atoms with Crippen LogP contribution in [0.1, 0.15) is 54.3 Å². The number of carbonyl (C=O) groups excluding carboxylic acids is 2. The molecule has 0 spiro atoms. The van der Waals surface area contributed by atoms with Gasteiger partial charge in [-0.05, 0) is 72.8 Å². The molecule has 4 atom stereocenters. The average molecular weight is 554 g/mol. The number of nitrogens with zero attached hydrogens (tertiary/aromatic N) is 5. The van der Waals surface area contributed by atoms with E-state index in [1.54, 1.807) is 6.07 Å². The Morgan fingerprint density at radius 3 is 2.70 bits per heavy atom. The highest BCUT2D eigenvalue weighted by atomic mass is 35.5. The van der Waals surface area contributed by atoms with Gasteiger partial charge in [-0.2, -0.15) is 0 Å². The zero-order valence-electron chi connectivity index (χ0n) is 21.8. The van der Waals surface area contributed by atoms with Gasteiger partial charge >= 0.3 is 0 Å². The van der Waals surface area contributed by atoms with Crippen molar-refractivity contribution >= 4 is 46.4 Å². The molecule has 2 N–H and O–H groups in total. The van der Waals surface area contributed by atoms with Gasteiger partial charge in [0, 0.05) is 41.9 Å². The second-order valence-electron chi connectivity index (χ2n) is 11.6. The second kappa shape index (κ2) is 9.02. The van der Waals surface area contributed by atoms with Gasteiger partial charge in [-0.1, -0.05) is 23.7 Å². The number of carbonyl (C=O) groups is 2. The number of nitrogens with one attached hydrogen (secondary N) is 2. The molecule has 3 saturated carbocycles. The van der Waals surface area contributed by atoms with Crippen LogP contribution in [0.3, 0.4) is 0 Å². The molecule has 0 radical (unpaired) electrons. The van der Waals surface area contributed by atoms with E-state index in [1.807, 2.05) is 35.4 Å². The Morgan fingerprint density at radius 1 is 1.02 bits per heavy atom. The molecular formula is C30H28ClN7O2. The van der Waals surface area contributed by atoms with Crippen LogP contribution in [-0.4, -0.2) is 37.7 Å². The number of aromatic nitrogens is 4. The van der Waals surface area contributed by atoms with E-state index in [9.17, 15) is 9.59 Å². The Bertz CT molecular complexity index is 1680. The van der Waals surface area contributed by atoms with E-state index in [1.165, 1.54) is 24.7 Å². The number of rotatable bonds is 8. The number of pyridine rings is 1. The quantitative estimate of drug-likeness (QED) is 0.318. The summed E-state index contributed by atoms with van der Waals surface area (Å²) in [6.07, 6.45) is 9.83. The Balaban J connectivity index is 0.962. The fourth-order valence-corrected chi connectivity index (χ4v) is 6.28. The minimum atomic E-state index is -0.0917. The van der Waals surface area contributed by atoms with Gasteiger partial charge in [-0.15, -0.1) is 0 Å². The molecule has 4 fully saturated rings. The molecule has 0 unspecified atom stereocenters. The monoisotopic (exact) mass is 553 g/mol. The third-order valence-electron chi connectivity index (χ3n) is 8.64. The Labute approximate surface area is 236 Å². The fraction of sp³-hybridized carbons (Fsp3) is 0.367. The molecule has 202 valence electrons. The van der Waals surface area contributed by atoms with E-state index in [0.717, 1.165) is 42.0 Å². The number of benzene rings is 1. The minimum Gasteiger partial charge on any atom is -0.364 e. The van der Waals surface area contributed by atoms with Crippen LogP contribution in [0.2, 0.25) is 5.02 Å². The van der Waals surface area contributed by atoms with Gasteiger partial charge in [0.2, 0.25) is 11.8 Å². The summed E-state index contributed by atoms with van der Waals surface area (Å²) in [6.45, 7) is 1.24. The SMILES string of the molecule is O=C(Nc1cc(NCc2cn3cc(C4CC4)cc(N4C[C@H]5C[C@H]5C4=O)c3n2)ncn1)[C@H]1C[C@@H]1c1cccc(Cl)c1. The molecule has 10 heteroatoms. The molecule has 0 bridgehead atoms.